The second-order valence-corrected chi connectivity index (χ2v) is 6.85. The number of benzene rings is 1. The lowest BCUT2D eigenvalue weighted by molar-refractivity contribution is -0.118. The van der Waals surface area contributed by atoms with E-state index >= 15 is 0 Å². The van der Waals surface area contributed by atoms with Crippen molar-refractivity contribution in [1.82, 2.24) is 10.2 Å². The van der Waals surface area contributed by atoms with Crippen LogP contribution in [0, 0.1) is 6.92 Å². The molecule has 8 heteroatoms. The van der Waals surface area contributed by atoms with E-state index < -0.39 is 0 Å². The molecule has 0 bridgehead atoms. The molecule has 2 aromatic rings. The standard InChI is InChI=1S/C20H24N4O4/c1-14-2-4-17(28-14)11-21-20-23-18-5-3-16(10-15(18)13-27-20)22-19(25)12-24-6-8-26-9-7-24/h2-5,10H,6-9,11-13H2,1H3,(H,21,23)(H,22,25). The van der Waals surface area contributed by atoms with Crippen molar-refractivity contribution in [3.05, 3.63) is 47.4 Å². The van der Waals surface area contributed by atoms with Gasteiger partial charge in [-0.25, -0.2) is 0 Å². The van der Waals surface area contributed by atoms with Crippen LogP contribution < -0.4 is 10.6 Å². The summed E-state index contributed by atoms with van der Waals surface area (Å²) in [5.41, 5.74) is 2.51. The van der Waals surface area contributed by atoms with E-state index in [0.29, 0.717) is 38.9 Å². The highest BCUT2D eigenvalue weighted by Gasteiger charge is 2.17. The van der Waals surface area contributed by atoms with E-state index in [1.54, 1.807) is 0 Å². The van der Waals surface area contributed by atoms with Gasteiger partial charge in [-0.1, -0.05) is 0 Å². The van der Waals surface area contributed by atoms with E-state index in [-0.39, 0.29) is 5.91 Å². The number of hydrogen-bond donors (Lipinski definition) is 2. The number of amidine groups is 1. The second kappa shape index (κ2) is 8.45. The maximum absolute atomic E-state index is 12.3. The molecular formula is C20H24N4O4. The van der Waals surface area contributed by atoms with E-state index in [0.717, 1.165) is 41.5 Å². The van der Waals surface area contributed by atoms with Gasteiger partial charge in [-0.2, -0.15) is 4.99 Å². The molecule has 3 heterocycles. The second-order valence-electron chi connectivity index (χ2n) is 6.85. The Hall–Kier alpha value is -2.84. The van der Waals surface area contributed by atoms with Gasteiger partial charge < -0.3 is 24.5 Å². The van der Waals surface area contributed by atoms with Crippen LogP contribution in [0.5, 0.6) is 0 Å². The number of fused-ring (bicyclic) bond motifs is 1. The number of ether oxygens (including phenoxy) is 2. The summed E-state index contributed by atoms with van der Waals surface area (Å²) >= 11 is 0. The van der Waals surface area contributed by atoms with E-state index in [9.17, 15) is 4.79 Å². The summed E-state index contributed by atoms with van der Waals surface area (Å²) in [5, 5.41) is 6.08. The first-order chi connectivity index (χ1) is 13.7. The molecule has 2 N–H and O–H groups in total. The lowest BCUT2D eigenvalue weighted by atomic mass is 10.1. The molecular weight excluding hydrogens is 360 g/mol. The Kier molecular flexibility index (Phi) is 5.59. The monoisotopic (exact) mass is 384 g/mol. The van der Waals surface area contributed by atoms with Crippen molar-refractivity contribution in [3.63, 3.8) is 0 Å². The number of amides is 1. The van der Waals surface area contributed by atoms with Crippen LogP contribution in [0.15, 0.2) is 39.7 Å². The third kappa shape index (κ3) is 4.71. The molecule has 8 nitrogen and oxygen atoms in total. The summed E-state index contributed by atoms with van der Waals surface area (Å²) in [5.74, 6) is 1.67. The maximum atomic E-state index is 12.3. The van der Waals surface area contributed by atoms with Crippen LogP contribution in [0.1, 0.15) is 17.1 Å². The van der Waals surface area contributed by atoms with Crippen molar-refractivity contribution in [2.24, 2.45) is 4.99 Å². The van der Waals surface area contributed by atoms with Crippen molar-refractivity contribution in [3.8, 4) is 0 Å². The van der Waals surface area contributed by atoms with Crippen molar-refractivity contribution in [2.75, 3.05) is 38.2 Å². The molecule has 1 amide bonds. The van der Waals surface area contributed by atoms with Gasteiger partial charge in [0.2, 0.25) is 5.91 Å². The SMILES string of the molecule is Cc1ccc(CNC2=Nc3ccc(NC(=O)CN4CCOCC4)cc3CO2)o1. The van der Waals surface area contributed by atoms with E-state index in [1.165, 1.54) is 0 Å². The van der Waals surface area contributed by atoms with Crippen molar-refractivity contribution < 1.29 is 18.7 Å². The number of nitrogens with one attached hydrogen (secondary N) is 2. The summed E-state index contributed by atoms with van der Waals surface area (Å²) in [6.45, 7) is 6.11. The number of aliphatic imine (C=N–C) groups is 1. The van der Waals surface area contributed by atoms with Crippen molar-refractivity contribution in [2.45, 2.75) is 20.1 Å². The fourth-order valence-electron chi connectivity index (χ4n) is 3.17. The van der Waals surface area contributed by atoms with Crippen LogP contribution in [0.2, 0.25) is 0 Å². The topological polar surface area (TPSA) is 88.3 Å². The molecule has 0 saturated carbocycles. The van der Waals surface area contributed by atoms with Crippen molar-refractivity contribution in [1.29, 1.82) is 0 Å². The lowest BCUT2D eigenvalue weighted by Crippen LogP contribution is -2.41. The fourth-order valence-corrected chi connectivity index (χ4v) is 3.17. The molecule has 2 aliphatic heterocycles. The molecule has 28 heavy (non-hydrogen) atoms. The average Bonchev–Trinajstić information content (AvgIpc) is 3.12. The largest absolute Gasteiger partial charge is 0.465 e. The van der Waals surface area contributed by atoms with Gasteiger partial charge in [0.15, 0.2) is 0 Å². The molecule has 0 spiro atoms. The zero-order valence-electron chi connectivity index (χ0n) is 15.9. The highest BCUT2D eigenvalue weighted by Crippen LogP contribution is 2.27. The Morgan fingerprint density at radius 1 is 1.21 bits per heavy atom. The molecule has 1 fully saturated rings. The number of nitrogens with zero attached hydrogens (tertiary/aromatic N) is 2. The number of hydrogen-bond acceptors (Lipinski definition) is 7. The predicted molar refractivity (Wildman–Crippen MR) is 104 cm³/mol. The molecule has 148 valence electrons. The van der Waals surface area contributed by atoms with Gasteiger partial charge >= 0.3 is 0 Å². The summed E-state index contributed by atoms with van der Waals surface area (Å²) in [6, 6.07) is 9.96. The number of furan rings is 1. The summed E-state index contributed by atoms with van der Waals surface area (Å²) in [6.07, 6.45) is 0. The summed E-state index contributed by atoms with van der Waals surface area (Å²) in [7, 11) is 0. The minimum absolute atomic E-state index is 0.0295. The normalized spacial score (nSPS) is 16.7. The molecule has 1 aromatic carbocycles. The van der Waals surface area contributed by atoms with Gasteiger partial charge in [0.25, 0.3) is 6.02 Å². The van der Waals surface area contributed by atoms with Crippen LogP contribution >= 0.6 is 0 Å². The molecule has 0 unspecified atom stereocenters. The van der Waals surface area contributed by atoms with E-state index in [4.69, 9.17) is 13.9 Å². The van der Waals surface area contributed by atoms with Crippen LogP contribution in [0.25, 0.3) is 0 Å². The zero-order valence-corrected chi connectivity index (χ0v) is 15.9. The molecule has 0 aliphatic carbocycles. The van der Waals surface area contributed by atoms with Crippen LogP contribution in [0.4, 0.5) is 11.4 Å². The van der Waals surface area contributed by atoms with Crippen LogP contribution in [-0.2, 0) is 27.4 Å². The molecule has 0 radical (unpaired) electrons. The fraction of sp³-hybridized carbons (Fsp3) is 0.400. The average molecular weight is 384 g/mol. The number of carbonyl (C=O) groups is 1. The number of aryl methyl sites for hydroxylation is 1. The van der Waals surface area contributed by atoms with Gasteiger partial charge in [0.1, 0.15) is 18.1 Å². The number of morpholine rings is 1. The minimum atomic E-state index is -0.0295. The maximum Gasteiger partial charge on any atom is 0.290 e. The first-order valence-electron chi connectivity index (χ1n) is 9.39. The smallest absolute Gasteiger partial charge is 0.290 e. The number of carbonyl (C=O) groups excluding carboxylic acids is 1. The number of anilines is 1. The van der Waals surface area contributed by atoms with Crippen molar-refractivity contribution >= 4 is 23.3 Å². The Labute approximate surface area is 163 Å². The predicted octanol–water partition coefficient (Wildman–Crippen LogP) is 2.17. The first-order valence-corrected chi connectivity index (χ1v) is 9.39. The van der Waals surface area contributed by atoms with Gasteiger partial charge in [-0.3, -0.25) is 9.69 Å². The summed E-state index contributed by atoms with van der Waals surface area (Å²) < 4.78 is 16.5. The highest BCUT2D eigenvalue weighted by molar-refractivity contribution is 5.92. The van der Waals surface area contributed by atoms with E-state index in [1.807, 2.05) is 37.3 Å². The molecule has 1 saturated heterocycles. The number of rotatable bonds is 5. The van der Waals surface area contributed by atoms with Gasteiger partial charge in [0, 0.05) is 24.3 Å². The Morgan fingerprint density at radius 2 is 2.07 bits per heavy atom. The van der Waals surface area contributed by atoms with Gasteiger partial charge in [-0.05, 0) is 37.3 Å². The first kappa shape index (κ1) is 18.5. The molecule has 1 aromatic heterocycles. The summed E-state index contributed by atoms with van der Waals surface area (Å²) in [4.78, 5) is 18.8. The Balaban J connectivity index is 1.33. The third-order valence-electron chi connectivity index (χ3n) is 4.63. The third-order valence-corrected chi connectivity index (χ3v) is 4.63. The van der Waals surface area contributed by atoms with Crippen LogP contribution in [0.3, 0.4) is 0 Å². The Morgan fingerprint density at radius 3 is 2.86 bits per heavy atom. The minimum Gasteiger partial charge on any atom is -0.465 e. The molecule has 4 rings (SSSR count). The Bertz CT molecular complexity index is 871. The lowest BCUT2D eigenvalue weighted by Gasteiger charge is -2.25. The molecule has 2 aliphatic rings. The quantitative estimate of drug-likeness (QED) is 0.821. The van der Waals surface area contributed by atoms with Gasteiger partial charge in [-0.15, -0.1) is 0 Å². The van der Waals surface area contributed by atoms with Crippen LogP contribution in [-0.4, -0.2) is 49.7 Å². The zero-order chi connectivity index (χ0) is 19.3. The van der Waals surface area contributed by atoms with Gasteiger partial charge in [0.05, 0.1) is 32.0 Å². The highest BCUT2D eigenvalue weighted by atomic mass is 16.5. The van der Waals surface area contributed by atoms with E-state index in [2.05, 4.69) is 20.5 Å². The molecule has 0 atom stereocenters.